The summed E-state index contributed by atoms with van der Waals surface area (Å²) in [5, 5.41) is 9.05. The summed E-state index contributed by atoms with van der Waals surface area (Å²) in [5.74, 6) is 0.301. The minimum Gasteiger partial charge on any atom is -0.507 e. The molecule has 0 aliphatic heterocycles. The van der Waals surface area contributed by atoms with Crippen LogP contribution in [0.15, 0.2) is 22.7 Å². The summed E-state index contributed by atoms with van der Waals surface area (Å²) in [6.07, 6.45) is 0. The Morgan fingerprint density at radius 3 is 2.18 bits per heavy atom. The normalized spacial score (nSPS) is 8.36. The van der Waals surface area contributed by atoms with Crippen LogP contribution in [0.4, 0.5) is 0 Å². The summed E-state index contributed by atoms with van der Waals surface area (Å²) < 4.78 is 0.782. The van der Waals surface area contributed by atoms with Crippen LogP contribution in [0.5, 0.6) is 5.75 Å². The van der Waals surface area contributed by atoms with Crippen molar-refractivity contribution in [2.24, 2.45) is 0 Å². The molecule has 0 spiro atoms. The number of halogens is 1. The molecule has 1 aromatic rings. The lowest BCUT2D eigenvalue weighted by Crippen LogP contribution is -1.73. The summed E-state index contributed by atoms with van der Waals surface area (Å²) in [5.41, 5.74) is 1.05. The van der Waals surface area contributed by atoms with E-state index in [1.807, 2.05) is 32.9 Å². The predicted molar refractivity (Wildman–Crippen MR) is 51.9 cm³/mol. The topological polar surface area (TPSA) is 20.2 Å². The fourth-order valence-electron chi connectivity index (χ4n) is 0.632. The maximum atomic E-state index is 9.05. The van der Waals surface area contributed by atoms with Gasteiger partial charge in [0.05, 0.1) is 4.47 Å². The van der Waals surface area contributed by atoms with E-state index in [2.05, 4.69) is 15.9 Å². The van der Waals surface area contributed by atoms with Crippen molar-refractivity contribution < 1.29 is 5.11 Å². The molecule has 0 unspecified atom stereocenters. The quantitative estimate of drug-likeness (QED) is 0.705. The number of aromatic hydroxyl groups is 1. The monoisotopic (exact) mass is 216 g/mol. The number of phenols is 1. The van der Waals surface area contributed by atoms with Gasteiger partial charge in [0, 0.05) is 0 Å². The smallest absolute Gasteiger partial charge is 0.130 e. The highest BCUT2D eigenvalue weighted by Gasteiger charge is 1.96. The Morgan fingerprint density at radius 1 is 1.27 bits per heavy atom. The molecule has 1 nitrogen and oxygen atoms in total. The van der Waals surface area contributed by atoms with E-state index in [9.17, 15) is 0 Å². The highest BCUT2D eigenvalue weighted by atomic mass is 79.9. The van der Waals surface area contributed by atoms with Crippen LogP contribution in [-0.2, 0) is 0 Å². The minimum atomic E-state index is 0.301. The van der Waals surface area contributed by atoms with Gasteiger partial charge < -0.3 is 5.11 Å². The molecule has 0 bridgehead atoms. The van der Waals surface area contributed by atoms with Crippen molar-refractivity contribution in [3.8, 4) is 5.75 Å². The zero-order valence-corrected chi connectivity index (χ0v) is 8.64. The molecule has 62 valence electrons. The highest BCUT2D eigenvalue weighted by molar-refractivity contribution is 9.10. The van der Waals surface area contributed by atoms with Gasteiger partial charge >= 0.3 is 0 Å². The van der Waals surface area contributed by atoms with Crippen LogP contribution in [0, 0.1) is 6.92 Å². The second-order valence-corrected chi connectivity index (χ2v) is 2.70. The predicted octanol–water partition coefficient (Wildman–Crippen LogP) is 3.49. The van der Waals surface area contributed by atoms with Crippen LogP contribution < -0.4 is 0 Å². The molecule has 1 N–H and O–H groups in total. The number of hydrogen-bond donors (Lipinski definition) is 1. The van der Waals surface area contributed by atoms with Crippen molar-refractivity contribution in [2.45, 2.75) is 20.8 Å². The van der Waals surface area contributed by atoms with Crippen LogP contribution in [0.2, 0.25) is 0 Å². The van der Waals surface area contributed by atoms with Gasteiger partial charge in [-0.25, -0.2) is 0 Å². The minimum absolute atomic E-state index is 0.301. The molecule has 0 radical (unpaired) electrons. The molecule has 0 amide bonds. The molecule has 0 atom stereocenters. The van der Waals surface area contributed by atoms with Crippen LogP contribution in [0.3, 0.4) is 0 Å². The number of benzene rings is 1. The number of hydrogen-bond acceptors (Lipinski definition) is 1. The van der Waals surface area contributed by atoms with Gasteiger partial charge in [0.15, 0.2) is 0 Å². The van der Waals surface area contributed by atoms with Gasteiger partial charge in [0.25, 0.3) is 0 Å². The summed E-state index contributed by atoms with van der Waals surface area (Å²) in [4.78, 5) is 0. The van der Waals surface area contributed by atoms with Crippen molar-refractivity contribution in [3.05, 3.63) is 28.2 Å². The Labute approximate surface area is 76.2 Å². The first-order valence-corrected chi connectivity index (χ1v) is 4.45. The first-order chi connectivity index (χ1) is 5.22. The Kier molecular flexibility index (Phi) is 4.95. The number of rotatable bonds is 0. The van der Waals surface area contributed by atoms with E-state index in [-0.39, 0.29) is 0 Å². The lowest BCUT2D eigenvalue weighted by Gasteiger charge is -1.97. The standard InChI is InChI=1S/C7H7BrO.C2H6/c1-5-3-2-4-6(9)7(5)8;1-2/h2-4,9H,1H3;1-2H3. The van der Waals surface area contributed by atoms with Crippen molar-refractivity contribution in [1.82, 2.24) is 0 Å². The zero-order chi connectivity index (χ0) is 8.85. The lowest BCUT2D eigenvalue weighted by atomic mass is 10.2. The zero-order valence-electron chi connectivity index (χ0n) is 7.06. The third-order valence-corrected chi connectivity index (χ3v) is 2.20. The second kappa shape index (κ2) is 5.19. The Hall–Kier alpha value is -0.500. The fourth-order valence-corrected chi connectivity index (χ4v) is 0.896. The molecule has 0 aromatic heterocycles. The van der Waals surface area contributed by atoms with E-state index in [1.165, 1.54) is 0 Å². The molecule has 11 heavy (non-hydrogen) atoms. The third kappa shape index (κ3) is 2.93. The summed E-state index contributed by atoms with van der Waals surface area (Å²) in [6, 6.07) is 5.40. The van der Waals surface area contributed by atoms with E-state index in [0.29, 0.717) is 5.75 Å². The van der Waals surface area contributed by atoms with Gasteiger partial charge in [-0.1, -0.05) is 26.0 Å². The molecule has 0 saturated carbocycles. The molecule has 1 aromatic carbocycles. The average molecular weight is 217 g/mol. The molecule has 0 aliphatic carbocycles. The van der Waals surface area contributed by atoms with Gasteiger partial charge in [0.1, 0.15) is 5.75 Å². The van der Waals surface area contributed by atoms with Gasteiger partial charge in [-0.3, -0.25) is 0 Å². The van der Waals surface area contributed by atoms with Crippen LogP contribution in [0.1, 0.15) is 19.4 Å². The molecule has 0 saturated heterocycles. The van der Waals surface area contributed by atoms with E-state index in [1.54, 1.807) is 6.07 Å². The van der Waals surface area contributed by atoms with E-state index >= 15 is 0 Å². The maximum absolute atomic E-state index is 9.05. The van der Waals surface area contributed by atoms with Crippen molar-refractivity contribution >= 4 is 15.9 Å². The maximum Gasteiger partial charge on any atom is 0.130 e. The second-order valence-electron chi connectivity index (χ2n) is 1.91. The molecular formula is C9H13BrO. The lowest BCUT2D eigenvalue weighted by molar-refractivity contribution is 0.471. The molecule has 2 heteroatoms. The first kappa shape index (κ1) is 10.5. The molecule has 0 heterocycles. The Balaban J connectivity index is 0.000000461. The summed E-state index contributed by atoms with van der Waals surface area (Å²) >= 11 is 3.23. The number of aryl methyl sites for hydroxylation is 1. The molecule has 0 aliphatic rings. The van der Waals surface area contributed by atoms with Gasteiger partial charge in [0.2, 0.25) is 0 Å². The largest absolute Gasteiger partial charge is 0.507 e. The number of phenolic OH excluding ortho intramolecular Hbond substituents is 1. The highest BCUT2D eigenvalue weighted by Crippen LogP contribution is 2.25. The molecule has 0 fully saturated rings. The Bertz CT molecular complexity index is 201. The fraction of sp³-hybridized carbons (Fsp3) is 0.333. The van der Waals surface area contributed by atoms with Crippen LogP contribution in [0.25, 0.3) is 0 Å². The van der Waals surface area contributed by atoms with Crippen LogP contribution in [-0.4, -0.2) is 5.11 Å². The van der Waals surface area contributed by atoms with Crippen molar-refractivity contribution in [3.63, 3.8) is 0 Å². The van der Waals surface area contributed by atoms with Crippen molar-refractivity contribution in [2.75, 3.05) is 0 Å². The van der Waals surface area contributed by atoms with Gasteiger partial charge in [-0.2, -0.15) is 0 Å². The summed E-state index contributed by atoms with van der Waals surface area (Å²) in [6.45, 7) is 5.93. The summed E-state index contributed by atoms with van der Waals surface area (Å²) in [7, 11) is 0. The van der Waals surface area contributed by atoms with Crippen molar-refractivity contribution in [1.29, 1.82) is 0 Å². The molecule has 1 rings (SSSR count). The van der Waals surface area contributed by atoms with Gasteiger partial charge in [-0.05, 0) is 34.5 Å². The van der Waals surface area contributed by atoms with E-state index < -0.39 is 0 Å². The first-order valence-electron chi connectivity index (χ1n) is 3.66. The average Bonchev–Trinajstić information content (AvgIpc) is 2.04. The SMILES string of the molecule is CC.Cc1cccc(O)c1Br. The van der Waals surface area contributed by atoms with Gasteiger partial charge in [-0.15, -0.1) is 0 Å². The van der Waals surface area contributed by atoms with E-state index in [4.69, 9.17) is 5.11 Å². The third-order valence-electron chi connectivity index (χ3n) is 1.17. The molecular weight excluding hydrogens is 204 g/mol. The van der Waals surface area contributed by atoms with E-state index in [0.717, 1.165) is 10.0 Å². The van der Waals surface area contributed by atoms with Crippen LogP contribution >= 0.6 is 15.9 Å². The Morgan fingerprint density at radius 2 is 1.82 bits per heavy atom.